The molecule has 5 heteroatoms. The molecule has 3 nitrogen and oxygen atoms in total. The van der Waals surface area contributed by atoms with Crippen LogP contribution in [-0.4, -0.2) is 18.0 Å². The summed E-state index contributed by atoms with van der Waals surface area (Å²) >= 11 is 0. The highest BCUT2D eigenvalue weighted by Crippen LogP contribution is 2.05. The van der Waals surface area contributed by atoms with Gasteiger partial charge in [-0.15, -0.1) is 24.8 Å². The monoisotopic (exact) mass is 200 g/mol. The van der Waals surface area contributed by atoms with Gasteiger partial charge in [-0.25, -0.2) is 0 Å². The molecular weight excluding hydrogens is 187 g/mol. The smallest absolute Gasteiger partial charge is 0.221 e. The summed E-state index contributed by atoms with van der Waals surface area (Å²) < 4.78 is 0. The molecule has 3 N–H and O–H groups in total. The van der Waals surface area contributed by atoms with Crippen LogP contribution in [0.15, 0.2) is 0 Å². The van der Waals surface area contributed by atoms with Crippen LogP contribution < -0.4 is 11.1 Å². The lowest BCUT2D eigenvalue weighted by atomic mass is 10.0. The van der Waals surface area contributed by atoms with Gasteiger partial charge in [0.1, 0.15) is 0 Å². The molecule has 1 heterocycles. The molecule has 1 amide bonds. The van der Waals surface area contributed by atoms with Crippen molar-refractivity contribution in [1.82, 2.24) is 5.32 Å². The van der Waals surface area contributed by atoms with Crippen molar-refractivity contribution in [2.45, 2.75) is 31.8 Å². The Morgan fingerprint density at radius 2 is 2.09 bits per heavy atom. The number of carbonyl (C=O) groups excluding carboxylic acids is 1. The molecule has 68 valence electrons. The van der Waals surface area contributed by atoms with Crippen LogP contribution in [0.5, 0.6) is 0 Å². The van der Waals surface area contributed by atoms with Gasteiger partial charge < -0.3 is 11.1 Å². The molecule has 0 saturated carbocycles. The molecule has 0 aliphatic carbocycles. The highest BCUT2D eigenvalue weighted by atomic mass is 35.5. The molecule has 1 fully saturated rings. The largest absolute Gasteiger partial charge is 0.354 e. The maximum atomic E-state index is 10.7. The summed E-state index contributed by atoms with van der Waals surface area (Å²) in [4.78, 5) is 10.7. The summed E-state index contributed by atoms with van der Waals surface area (Å²) in [6.07, 6.45) is 1.40. The van der Waals surface area contributed by atoms with E-state index in [1.165, 1.54) is 0 Å². The molecule has 11 heavy (non-hydrogen) atoms. The highest BCUT2D eigenvalue weighted by Gasteiger charge is 2.19. The zero-order valence-corrected chi connectivity index (χ0v) is 8.00. The summed E-state index contributed by atoms with van der Waals surface area (Å²) in [6, 6.07) is 0.343. The quantitative estimate of drug-likeness (QED) is 0.598. The fraction of sp³-hybridized carbons (Fsp3) is 0.833. The second-order valence-corrected chi connectivity index (χ2v) is 2.67. The topological polar surface area (TPSA) is 55.1 Å². The second kappa shape index (κ2) is 5.63. The fourth-order valence-corrected chi connectivity index (χ4v) is 1.17. The third-order valence-corrected chi connectivity index (χ3v) is 1.51. The lowest BCUT2D eigenvalue weighted by Crippen LogP contribution is -2.45. The summed E-state index contributed by atoms with van der Waals surface area (Å²) in [5.41, 5.74) is 5.55. The average molecular weight is 201 g/mol. The standard InChI is InChI=1S/C6H12N2O.2ClH/c1-4-2-5(7)3-6(9)8-4;;/h4-5H,2-3,7H2,1H3,(H,8,9);2*1H. The third-order valence-electron chi connectivity index (χ3n) is 1.51. The average Bonchev–Trinajstić information content (AvgIpc) is 1.59. The number of nitrogens with one attached hydrogen (secondary N) is 1. The van der Waals surface area contributed by atoms with Gasteiger partial charge in [0.25, 0.3) is 0 Å². The highest BCUT2D eigenvalue weighted by molar-refractivity contribution is 5.85. The Morgan fingerprint density at radius 3 is 2.45 bits per heavy atom. The van der Waals surface area contributed by atoms with Crippen LogP contribution >= 0.6 is 24.8 Å². The van der Waals surface area contributed by atoms with Crippen LogP contribution in [0.25, 0.3) is 0 Å². The van der Waals surface area contributed by atoms with Gasteiger partial charge in [0.15, 0.2) is 0 Å². The Bertz CT molecular complexity index is 120. The van der Waals surface area contributed by atoms with E-state index in [0.717, 1.165) is 6.42 Å². The molecular formula is C6H14Cl2N2O. The first-order valence-electron chi connectivity index (χ1n) is 3.23. The van der Waals surface area contributed by atoms with Crippen molar-refractivity contribution in [3.8, 4) is 0 Å². The maximum absolute atomic E-state index is 10.7. The number of hydrogen-bond donors (Lipinski definition) is 2. The van der Waals surface area contributed by atoms with Crippen molar-refractivity contribution in [1.29, 1.82) is 0 Å². The molecule has 0 bridgehead atoms. The lowest BCUT2D eigenvalue weighted by molar-refractivity contribution is -0.123. The normalized spacial score (nSPS) is 29.5. The molecule has 2 atom stereocenters. The molecule has 2 unspecified atom stereocenters. The number of rotatable bonds is 0. The zero-order chi connectivity index (χ0) is 6.85. The van der Waals surface area contributed by atoms with Crippen LogP contribution in [0.3, 0.4) is 0 Å². The number of hydrogen-bond acceptors (Lipinski definition) is 2. The second-order valence-electron chi connectivity index (χ2n) is 2.67. The fourth-order valence-electron chi connectivity index (χ4n) is 1.17. The van der Waals surface area contributed by atoms with Crippen molar-refractivity contribution in [3.63, 3.8) is 0 Å². The van der Waals surface area contributed by atoms with Gasteiger partial charge in [0, 0.05) is 18.5 Å². The summed E-state index contributed by atoms with van der Waals surface area (Å²) in [5, 5.41) is 2.79. The first-order chi connectivity index (χ1) is 4.18. The number of amides is 1. The van der Waals surface area contributed by atoms with Gasteiger partial charge >= 0.3 is 0 Å². The van der Waals surface area contributed by atoms with Crippen molar-refractivity contribution in [2.24, 2.45) is 5.73 Å². The van der Waals surface area contributed by atoms with Crippen molar-refractivity contribution in [2.75, 3.05) is 0 Å². The molecule has 1 rings (SSSR count). The number of piperidine rings is 1. The van der Waals surface area contributed by atoms with E-state index in [4.69, 9.17) is 5.73 Å². The minimum absolute atomic E-state index is 0. The molecule has 0 radical (unpaired) electrons. The molecule has 0 aromatic carbocycles. The minimum atomic E-state index is 0. The molecule has 1 aliphatic rings. The van der Waals surface area contributed by atoms with E-state index in [1.54, 1.807) is 0 Å². The van der Waals surface area contributed by atoms with E-state index in [-0.39, 0.29) is 42.8 Å². The predicted molar refractivity (Wildman–Crippen MR) is 49.3 cm³/mol. The molecule has 0 spiro atoms. The SMILES string of the molecule is CC1CC(N)CC(=O)N1.Cl.Cl. The van der Waals surface area contributed by atoms with Crippen LogP contribution in [0.1, 0.15) is 19.8 Å². The minimum Gasteiger partial charge on any atom is -0.354 e. The van der Waals surface area contributed by atoms with Crippen molar-refractivity contribution in [3.05, 3.63) is 0 Å². The van der Waals surface area contributed by atoms with Crippen LogP contribution in [-0.2, 0) is 4.79 Å². The van der Waals surface area contributed by atoms with Gasteiger partial charge in [-0.05, 0) is 13.3 Å². The van der Waals surface area contributed by atoms with Crippen molar-refractivity contribution < 1.29 is 4.79 Å². The molecule has 1 saturated heterocycles. The van der Waals surface area contributed by atoms with Crippen LogP contribution in [0, 0.1) is 0 Å². The van der Waals surface area contributed by atoms with Crippen molar-refractivity contribution >= 4 is 30.7 Å². The Morgan fingerprint density at radius 1 is 1.55 bits per heavy atom. The van der Waals surface area contributed by atoms with Crippen LogP contribution in [0.4, 0.5) is 0 Å². The van der Waals surface area contributed by atoms with E-state index in [1.807, 2.05) is 6.92 Å². The predicted octanol–water partition coefficient (Wildman–Crippen LogP) is 0.456. The van der Waals surface area contributed by atoms with Gasteiger partial charge in [0.05, 0.1) is 0 Å². The van der Waals surface area contributed by atoms with Gasteiger partial charge in [0.2, 0.25) is 5.91 Å². The van der Waals surface area contributed by atoms with Gasteiger partial charge in [-0.1, -0.05) is 0 Å². The summed E-state index contributed by atoms with van der Waals surface area (Å²) in [6.45, 7) is 1.97. The zero-order valence-electron chi connectivity index (χ0n) is 6.37. The van der Waals surface area contributed by atoms with E-state index in [9.17, 15) is 4.79 Å². The van der Waals surface area contributed by atoms with Crippen LogP contribution in [0.2, 0.25) is 0 Å². The molecule has 0 aromatic rings. The Balaban J connectivity index is 0. The summed E-state index contributed by atoms with van der Waals surface area (Å²) in [5.74, 6) is 0.0845. The number of nitrogens with two attached hydrogens (primary N) is 1. The van der Waals surface area contributed by atoms with E-state index >= 15 is 0 Å². The number of carbonyl (C=O) groups is 1. The molecule has 1 aliphatic heterocycles. The Hall–Kier alpha value is 0.01000. The molecule has 0 aromatic heterocycles. The van der Waals surface area contributed by atoms with E-state index < -0.39 is 0 Å². The first-order valence-corrected chi connectivity index (χ1v) is 3.23. The Labute approximate surface area is 78.9 Å². The lowest BCUT2D eigenvalue weighted by Gasteiger charge is -2.24. The van der Waals surface area contributed by atoms with E-state index in [2.05, 4.69) is 5.32 Å². The Kier molecular flexibility index (Phi) is 6.96. The first kappa shape index (κ1) is 13.6. The summed E-state index contributed by atoms with van der Waals surface area (Å²) in [7, 11) is 0. The third kappa shape index (κ3) is 4.45. The number of halogens is 2. The maximum Gasteiger partial charge on any atom is 0.221 e. The van der Waals surface area contributed by atoms with Gasteiger partial charge in [-0.2, -0.15) is 0 Å². The van der Waals surface area contributed by atoms with Gasteiger partial charge in [-0.3, -0.25) is 4.79 Å². The van der Waals surface area contributed by atoms with E-state index in [0.29, 0.717) is 6.42 Å².